The normalized spacial score (nSPS) is 18.3. The minimum atomic E-state index is -3.24. The molecule has 0 spiro atoms. The van der Waals surface area contributed by atoms with Crippen LogP contribution in [0, 0.1) is 0 Å². The van der Waals surface area contributed by atoms with Crippen molar-refractivity contribution in [1.82, 2.24) is 9.88 Å². The Hall–Kier alpha value is -2.07. The van der Waals surface area contributed by atoms with Crippen molar-refractivity contribution < 1.29 is 13.2 Å². The second-order valence-corrected chi connectivity index (χ2v) is 11.3. The number of nitrogens with one attached hydrogen (secondary N) is 1. The van der Waals surface area contributed by atoms with E-state index >= 15 is 0 Å². The summed E-state index contributed by atoms with van der Waals surface area (Å²) in [5.41, 5.74) is 6.81. The van der Waals surface area contributed by atoms with Crippen LogP contribution in [0.25, 0.3) is 5.57 Å². The molecule has 2 aliphatic rings. The Morgan fingerprint density at radius 1 is 1.20 bits per heavy atom. The highest BCUT2D eigenvalue weighted by atomic mass is 32.2. The summed E-state index contributed by atoms with van der Waals surface area (Å²) >= 11 is 1.45. The number of amides is 1. The van der Waals surface area contributed by atoms with Gasteiger partial charge >= 0.3 is 0 Å². The van der Waals surface area contributed by atoms with Crippen molar-refractivity contribution in [3.05, 3.63) is 47.5 Å². The Bertz CT molecular complexity index is 1030. The maximum atomic E-state index is 12.6. The molecule has 0 atom stereocenters. The van der Waals surface area contributed by atoms with E-state index in [2.05, 4.69) is 21.8 Å². The summed E-state index contributed by atoms with van der Waals surface area (Å²) in [7, 11) is -3.24. The maximum Gasteiger partial charge on any atom is 0.257 e. The van der Waals surface area contributed by atoms with Crippen LogP contribution in [0.1, 0.15) is 36.1 Å². The Morgan fingerprint density at radius 3 is 2.50 bits per heavy atom. The van der Waals surface area contributed by atoms with E-state index < -0.39 is 9.84 Å². The third-order valence-electron chi connectivity index (χ3n) is 5.55. The summed E-state index contributed by atoms with van der Waals surface area (Å²) in [6.45, 7) is 6.62. The van der Waals surface area contributed by atoms with E-state index in [4.69, 9.17) is 5.73 Å². The minimum absolute atomic E-state index is 0.254. The van der Waals surface area contributed by atoms with E-state index in [-0.39, 0.29) is 16.7 Å². The molecule has 7 nitrogen and oxygen atoms in total. The van der Waals surface area contributed by atoms with Gasteiger partial charge in [0.2, 0.25) is 0 Å². The van der Waals surface area contributed by atoms with Gasteiger partial charge in [-0.05, 0) is 56.5 Å². The zero-order valence-corrected chi connectivity index (χ0v) is 18.3. The summed E-state index contributed by atoms with van der Waals surface area (Å²) in [5.74, 6) is -0.349. The highest BCUT2D eigenvalue weighted by molar-refractivity contribution is 7.92. The maximum absolute atomic E-state index is 12.6. The van der Waals surface area contributed by atoms with Gasteiger partial charge in [-0.2, -0.15) is 0 Å². The molecule has 4 rings (SSSR count). The lowest BCUT2D eigenvalue weighted by Crippen LogP contribution is -2.39. The molecule has 0 radical (unpaired) electrons. The van der Waals surface area contributed by atoms with Crippen LogP contribution in [0.5, 0.6) is 0 Å². The second kappa shape index (κ2) is 8.58. The third-order valence-corrected chi connectivity index (χ3v) is 8.73. The monoisotopic (exact) mass is 446 g/mol. The molecule has 9 heteroatoms. The summed E-state index contributed by atoms with van der Waals surface area (Å²) in [6, 6.07) is 6.66. The molecule has 1 aliphatic carbocycles. The molecule has 1 amide bonds. The van der Waals surface area contributed by atoms with Gasteiger partial charge in [0, 0.05) is 29.2 Å². The van der Waals surface area contributed by atoms with Crippen molar-refractivity contribution in [1.29, 1.82) is 0 Å². The van der Waals surface area contributed by atoms with Crippen LogP contribution >= 0.6 is 11.3 Å². The molecule has 2 fully saturated rings. The van der Waals surface area contributed by atoms with Crippen molar-refractivity contribution in [2.24, 2.45) is 5.73 Å². The van der Waals surface area contributed by atoms with Crippen LogP contribution in [0.15, 0.2) is 41.9 Å². The van der Waals surface area contributed by atoms with Gasteiger partial charge in [0.1, 0.15) is 0 Å². The van der Waals surface area contributed by atoms with Crippen molar-refractivity contribution in [2.45, 2.75) is 48.4 Å². The molecule has 2 aromatic rings. The Morgan fingerprint density at radius 2 is 1.87 bits per heavy atom. The first-order valence-electron chi connectivity index (χ1n) is 10.1. The molecule has 1 aromatic carbocycles. The van der Waals surface area contributed by atoms with Gasteiger partial charge in [-0.15, -0.1) is 11.3 Å². The first kappa shape index (κ1) is 21.2. The number of rotatable bonds is 7. The van der Waals surface area contributed by atoms with Crippen LogP contribution in [-0.2, 0) is 21.2 Å². The van der Waals surface area contributed by atoms with Crippen LogP contribution in [0.2, 0.25) is 0 Å². The molecule has 1 saturated heterocycles. The highest BCUT2D eigenvalue weighted by Crippen LogP contribution is 2.33. The van der Waals surface area contributed by atoms with E-state index in [1.807, 2.05) is 0 Å². The summed E-state index contributed by atoms with van der Waals surface area (Å²) in [4.78, 5) is 20.6. The van der Waals surface area contributed by atoms with Crippen LogP contribution in [-0.4, -0.2) is 48.6 Å². The standard InChI is InChI=1S/C21H26N4O3S2/c1-14(15-2-4-18(5-3-15)30(27,28)19-6-7-19)20(26)24-21-23-12-17(29-21)13-25-10-8-16(22)9-11-25/h2-5,12,16,19H,1,6-11,13,22H2,(H,23,24,26). The number of hydrogen-bond donors (Lipinski definition) is 2. The number of carbonyl (C=O) groups excluding carboxylic acids is 1. The van der Waals surface area contributed by atoms with Crippen molar-refractivity contribution in [3.8, 4) is 0 Å². The highest BCUT2D eigenvalue weighted by Gasteiger charge is 2.36. The number of aromatic nitrogens is 1. The largest absolute Gasteiger partial charge is 0.328 e. The number of piperidine rings is 1. The number of nitrogens with two attached hydrogens (primary N) is 1. The van der Waals surface area contributed by atoms with Crippen molar-refractivity contribution >= 4 is 37.8 Å². The number of anilines is 1. The molecular weight excluding hydrogens is 420 g/mol. The summed E-state index contributed by atoms with van der Waals surface area (Å²) < 4.78 is 24.6. The number of benzene rings is 1. The molecule has 0 bridgehead atoms. The molecule has 1 saturated carbocycles. The van der Waals surface area contributed by atoms with E-state index in [0.29, 0.717) is 21.6 Å². The lowest BCUT2D eigenvalue weighted by atomic mass is 10.1. The van der Waals surface area contributed by atoms with E-state index in [1.165, 1.54) is 11.3 Å². The second-order valence-electron chi connectivity index (χ2n) is 7.95. The lowest BCUT2D eigenvalue weighted by Gasteiger charge is -2.29. The van der Waals surface area contributed by atoms with Crippen LogP contribution in [0.3, 0.4) is 0 Å². The van der Waals surface area contributed by atoms with Gasteiger partial charge in [0.25, 0.3) is 5.91 Å². The number of thiazole rings is 1. The number of sulfone groups is 1. The molecular formula is C21H26N4O3S2. The minimum Gasteiger partial charge on any atom is -0.328 e. The van der Waals surface area contributed by atoms with Crippen molar-refractivity contribution in [3.63, 3.8) is 0 Å². The van der Waals surface area contributed by atoms with Gasteiger partial charge in [0.15, 0.2) is 15.0 Å². The topological polar surface area (TPSA) is 105 Å². The predicted octanol–water partition coefficient (Wildman–Crippen LogP) is 2.65. The molecule has 2 heterocycles. The van der Waals surface area contributed by atoms with Gasteiger partial charge in [-0.3, -0.25) is 15.0 Å². The fourth-order valence-corrected chi connectivity index (χ4v) is 6.00. The van der Waals surface area contributed by atoms with E-state index in [1.54, 1.807) is 30.5 Å². The quantitative estimate of drug-likeness (QED) is 0.634. The number of hydrogen-bond acceptors (Lipinski definition) is 7. The summed E-state index contributed by atoms with van der Waals surface area (Å²) in [6.07, 6.45) is 5.24. The molecule has 3 N–H and O–H groups in total. The van der Waals surface area contributed by atoms with Gasteiger partial charge in [-0.1, -0.05) is 18.7 Å². The molecule has 1 aliphatic heterocycles. The fourth-order valence-electron chi connectivity index (χ4n) is 3.49. The van der Waals surface area contributed by atoms with Crippen LogP contribution in [0.4, 0.5) is 5.13 Å². The number of likely N-dealkylation sites (tertiary alicyclic amines) is 1. The SMILES string of the molecule is C=C(C(=O)Nc1ncc(CN2CCC(N)CC2)s1)c1ccc(S(=O)(=O)C2CC2)cc1. The average molecular weight is 447 g/mol. The Kier molecular flexibility index (Phi) is 6.06. The Balaban J connectivity index is 1.34. The summed E-state index contributed by atoms with van der Waals surface area (Å²) in [5, 5.41) is 3.06. The predicted molar refractivity (Wildman–Crippen MR) is 119 cm³/mol. The first-order chi connectivity index (χ1) is 14.3. The molecule has 160 valence electrons. The fraction of sp³-hybridized carbons (Fsp3) is 0.429. The molecule has 1 aromatic heterocycles. The van der Waals surface area contributed by atoms with Gasteiger partial charge in [-0.25, -0.2) is 13.4 Å². The molecule has 30 heavy (non-hydrogen) atoms. The zero-order valence-electron chi connectivity index (χ0n) is 16.7. The van der Waals surface area contributed by atoms with E-state index in [0.717, 1.165) is 50.2 Å². The molecule has 0 unspecified atom stereocenters. The number of carbonyl (C=O) groups is 1. The first-order valence-corrected chi connectivity index (χ1v) is 12.5. The van der Waals surface area contributed by atoms with Gasteiger partial charge < -0.3 is 5.73 Å². The van der Waals surface area contributed by atoms with Crippen LogP contribution < -0.4 is 11.1 Å². The zero-order chi connectivity index (χ0) is 21.3. The van der Waals surface area contributed by atoms with Crippen molar-refractivity contribution in [2.75, 3.05) is 18.4 Å². The third kappa shape index (κ3) is 4.80. The lowest BCUT2D eigenvalue weighted by molar-refractivity contribution is -0.111. The number of nitrogens with zero attached hydrogens (tertiary/aromatic N) is 2. The van der Waals surface area contributed by atoms with Gasteiger partial charge in [0.05, 0.1) is 10.1 Å². The Labute approximate surface area is 180 Å². The van der Waals surface area contributed by atoms with E-state index in [9.17, 15) is 13.2 Å². The average Bonchev–Trinajstić information content (AvgIpc) is 3.52. The smallest absolute Gasteiger partial charge is 0.257 e.